The van der Waals surface area contributed by atoms with Crippen LogP contribution in [-0.4, -0.2) is 4.57 Å². The van der Waals surface area contributed by atoms with Gasteiger partial charge in [0.05, 0.1) is 11.0 Å². The van der Waals surface area contributed by atoms with E-state index in [9.17, 15) is 0 Å². The smallest absolute Gasteiger partial charge is 0.135 e. The lowest BCUT2D eigenvalue weighted by molar-refractivity contribution is 0.669. The quantitative estimate of drug-likeness (QED) is 0.206. The minimum Gasteiger partial charge on any atom is -0.456 e. The van der Waals surface area contributed by atoms with Gasteiger partial charge in [-0.2, -0.15) is 0 Å². The number of rotatable bonds is 5. The lowest BCUT2D eigenvalue weighted by Crippen LogP contribution is -1.94. The van der Waals surface area contributed by atoms with Gasteiger partial charge in [-0.25, -0.2) is 0 Å². The fourth-order valence-corrected chi connectivity index (χ4v) is 7.37. The summed E-state index contributed by atoms with van der Waals surface area (Å²) in [5.41, 5.74) is 12.3. The lowest BCUT2D eigenvalue weighted by atomic mass is 10.0. The SMILES string of the molecule is c1ccc(-n2c3cc(-c4ccc(Nc5ccc(-c6ccc7oc8ccccc8c7c6)cc5)cc4)ccc3c3ccc4ccccc4c32)cc1. The lowest BCUT2D eigenvalue weighted by Gasteiger charge is -2.11. The maximum absolute atomic E-state index is 6.02. The molecule has 0 radical (unpaired) electrons. The highest BCUT2D eigenvalue weighted by Crippen LogP contribution is 2.39. The zero-order chi connectivity index (χ0) is 32.3. The van der Waals surface area contributed by atoms with Crippen LogP contribution >= 0.6 is 0 Å². The van der Waals surface area contributed by atoms with E-state index in [0.29, 0.717) is 0 Å². The number of furan rings is 1. The maximum atomic E-state index is 6.02. The normalized spacial score (nSPS) is 11.7. The molecular weight excluding hydrogens is 597 g/mol. The summed E-state index contributed by atoms with van der Waals surface area (Å²) in [6.45, 7) is 0. The van der Waals surface area contributed by atoms with Gasteiger partial charge in [0, 0.05) is 44.0 Å². The fraction of sp³-hybridized carbons (Fsp3) is 0. The molecule has 0 aliphatic rings. The van der Waals surface area contributed by atoms with E-state index in [-0.39, 0.29) is 0 Å². The van der Waals surface area contributed by atoms with Gasteiger partial charge in [0.2, 0.25) is 0 Å². The first-order valence-corrected chi connectivity index (χ1v) is 16.7. The summed E-state index contributed by atoms with van der Waals surface area (Å²) in [6.07, 6.45) is 0. The number of nitrogens with zero attached hydrogens (tertiary/aromatic N) is 1. The second kappa shape index (κ2) is 11.0. The van der Waals surface area contributed by atoms with Crippen LogP contribution in [0.1, 0.15) is 0 Å². The predicted octanol–water partition coefficient (Wildman–Crippen LogP) is 12.9. The second-order valence-electron chi connectivity index (χ2n) is 12.7. The van der Waals surface area contributed by atoms with Crippen molar-refractivity contribution in [2.75, 3.05) is 5.32 Å². The molecule has 0 bridgehead atoms. The first kappa shape index (κ1) is 27.5. The molecule has 0 spiro atoms. The van der Waals surface area contributed by atoms with Crippen molar-refractivity contribution in [1.82, 2.24) is 4.57 Å². The van der Waals surface area contributed by atoms with Crippen molar-refractivity contribution in [2.45, 2.75) is 0 Å². The van der Waals surface area contributed by atoms with E-state index in [1.54, 1.807) is 0 Å². The fourth-order valence-electron chi connectivity index (χ4n) is 7.37. The van der Waals surface area contributed by atoms with Crippen LogP contribution in [0, 0.1) is 0 Å². The monoisotopic (exact) mass is 626 g/mol. The predicted molar refractivity (Wildman–Crippen MR) is 206 cm³/mol. The van der Waals surface area contributed by atoms with Crippen molar-refractivity contribution < 1.29 is 4.42 Å². The Kier molecular flexibility index (Phi) is 6.18. The van der Waals surface area contributed by atoms with E-state index in [1.807, 2.05) is 12.1 Å². The van der Waals surface area contributed by atoms with Gasteiger partial charge >= 0.3 is 0 Å². The molecular formula is C46H30N2O. The number of aromatic nitrogens is 1. The Labute approximate surface area is 283 Å². The number of benzene rings is 8. The molecule has 0 amide bonds. The number of hydrogen-bond acceptors (Lipinski definition) is 2. The Bertz CT molecular complexity index is 2820. The Morgan fingerprint density at radius 3 is 1.76 bits per heavy atom. The summed E-state index contributed by atoms with van der Waals surface area (Å²) in [4.78, 5) is 0. The molecule has 10 aromatic rings. The van der Waals surface area contributed by atoms with Crippen molar-refractivity contribution in [3.63, 3.8) is 0 Å². The molecule has 0 unspecified atom stereocenters. The largest absolute Gasteiger partial charge is 0.456 e. The minimum atomic E-state index is 0.916. The Morgan fingerprint density at radius 2 is 0.980 bits per heavy atom. The van der Waals surface area contributed by atoms with Gasteiger partial charge in [-0.05, 0) is 88.3 Å². The van der Waals surface area contributed by atoms with Gasteiger partial charge in [-0.3, -0.25) is 0 Å². The van der Waals surface area contributed by atoms with Crippen LogP contribution in [0.25, 0.3) is 82.5 Å². The van der Waals surface area contributed by atoms with Crippen LogP contribution < -0.4 is 5.32 Å². The van der Waals surface area contributed by atoms with Crippen molar-refractivity contribution in [3.8, 4) is 27.9 Å². The van der Waals surface area contributed by atoms with Gasteiger partial charge < -0.3 is 14.3 Å². The average molecular weight is 627 g/mol. The number of para-hydroxylation sites is 2. The zero-order valence-electron chi connectivity index (χ0n) is 26.6. The van der Waals surface area contributed by atoms with Crippen molar-refractivity contribution in [3.05, 3.63) is 176 Å². The van der Waals surface area contributed by atoms with Crippen molar-refractivity contribution in [1.29, 1.82) is 0 Å². The summed E-state index contributed by atoms with van der Waals surface area (Å²) in [5.74, 6) is 0. The Hall–Kier alpha value is -6.58. The third-order valence-electron chi connectivity index (χ3n) is 9.77. The molecule has 2 aromatic heterocycles. The minimum absolute atomic E-state index is 0.916. The maximum Gasteiger partial charge on any atom is 0.135 e. The van der Waals surface area contributed by atoms with E-state index in [1.165, 1.54) is 54.8 Å². The summed E-state index contributed by atoms with van der Waals surface area (Å²) < 4.78 is 8.45. The number of hydrogen-bond donors (Lipinski definition) is 1. The first-order valence-electron chi connectivity index (χ1n) is 16.7. The van der Waals surface area contributed by atoms with Gasteiger partial charge in [0.25, 0.3) is 0 Å². The molecule has 0 saturated heterocycles. The van der Waals surface area contributed by atoms with Crippen LogP contribution in [0.4, 0.5) is 11.4 Å². The van der Waals surface area contributed by atoms with Crippen LogP contribution in [0.5, 0.6) is 0 Å². The molecule has 1 N–H and O–H groups in total. The zero-order valence-corrected chi connectivity index (χ0v) is 26.6. The molecule has 49 heavy (non-hydrogen) atoms. The summed E-state index contributed by atoms with van der Waals surface area (Å²) in [6, 6.07) is 62.7. The Morgan fingerprint density at radius 1 is 0.388 bits per heavy atom. The molecule has 0 atom stereocenters. The molecule has 2 heterocycles. The molecule has 230 valence electrons. The summed E-state index contributed by atoms with van der Waals surface area (Å²) in [7, 11) is 0. The first-order chi connectivity index (χ1) is 24.3. The molecule has 0 aliphatic carbocycles. The van der Waals surface area contributed by atoms with E-state index >= 15 is 0 Å². The van der Waals surface area contributed by atoms with E-state index in [4.69, 9.17) is 4.42 Å². The van der Waals surface area contributed by atoms with Gasteiger partial charge in [0.1, 0.15) is 11.2 Å². The summed E-state index contributed by atoms with van der Waals surface area (Å²) >= 11 is 0. The molecule has 0 fully saturated rings. The number of nitrogens with one attached hydrogen (secondary N) is 1. The topological polar surface area (TPSA) is 30.1 Å². The third-order valence-corrected chi connectivity index (χ3v) is 9.77. The molecule has 8 aromatic carbocycles. The molecule has 3 nitrogen and oxygen atoms in total. The van der Waals surface area contributed by atoms with Gasteiger partial charge in [-0.15, -0.1) is 0 Å². The van der Waals surface area contributed by atoms with Crippen LogP contribution in [0.3, 0.4) is 0 Å². The average Bonchev–Trinajstić information content (AvgIpc) is 3.71. The Balaban J connectivity index is 0.960. The second-order valence-corrected chi connectivity index (χ2v) is 12.7. The third kappa shape index (κ3) is 4.59. The highest BCUT2D eigenvalue weighted by atomic mass is 16.3. The number of anilines is 2. The van der Waals surface area contributed by atoms with Crippen molar-refractivity contribution >= 4 is 65.9 Å². The van der Waals surface area contributed by atoms with Crippen LogP contribution in [0.2, 0.25) is 0 Å². The highest BCUT2D eigenvalue weighted by Gasteiger charge is 2.16. The molecule has 0 aliphatic heterocycles. The van der Waals surface area contributed by atoms with E-state index in [0.717, 1.165) is 39.0 Å². The standard InChI is InChI=1S/C46H30N2O/c1-2-9-37(10-3-1)48-43-29-34(19-25-39(43)41-26-18-32-8-4-5-11-38(32)46(41)48)31-16-23-36(24-17-31)47-35-21-14-30(15-22-35)33-20-27-45-42(28-33)40-12-6-7-13-44(40)49-45/h1-29,47H. The molecule has 10 rings (SSSR count). The molecule has 3 heteroatoms. The van der Waals surface area contributed by atoms with Gasteiger partial charge in [-0.1, -0.05) is 115 Å². The van der Waals surface area contributed by atoms with Crippen LogP contribution in [0.15, 0.2) is 180 Å². The van der Waals surface area contributed by atoms with E-state index < -0.39 is 0 Å². The summed E-state index contributed by atoms with van der Waals surface area (Å²) in [5, 5.41) is 10.9. The highest BCUT2D eigenvalue weighted by molar-refractivity contribution is 6.19. The van der Waals surface area contributed by atoms with Crippen LogP contribution in [-0.2, 0) is 0 Å². The molecule has 0 saturated carbocycles. The number of fused-ring (bicyclic) bond motifs is 8. The van der Waals surface area contributed by atoms with E-state index in [2.05, 4.69) is 174 Å². The van der Waals surface area contributed by atoms with Gasteiger partial charge in [0.15, 0.2) is 0 Å². The van der Waals surface area contributed by atoms with Crippen molar-refractivity contribution in [2.24, 2.45) is 0 Å².